The molecule has 31 heavy (non-hydrogen) atoms. The zero-order valence-corrected chi connectivity index (χ0v) is 19.3. The average molecular weight is 467 g/mol. The van der Waals surface area contributed by atoms with Crippen molar-refractivity contribution in [2.75, 3.05) is 13.1 Å². The second-order valence-corrected chi connectivity index (χ2v) is 12.6. The fraction of sp³-hybridized carbons (Fsp3) is 0.696. The molecule has 2 N–H and O–H groups in total. The maximum absolute atomic E-state index is 13.3. The minimum absolute atomic E-state index is 0.0183. The number of piperidine rings is 1. The van der Waals surface area contributed by atoms with Gasteiger partial charge in [-0.3, -0.25) is 4.79 Å². The van der Waals surface area contributed by atoms with E-state index in [1.807, 2.05) is 0 Å². The Morgan fingerprint density at radius 1 is 1.13 bits per heavy atom. The van der Waals surface area contributed by atoms with Gasteiger partial charge in [-0.05, 0) is 87.3 Å². The first-order valence-electron chi connectivity index (χ1n) is 11.6. The van der Waals surface area contributed by atoms with Gasteiger partial charge in [-0.1, -0.05) is 18.0 Å². The molecule has 0 radical (unpaired) electrons. The largest absolute Gasteiger partial charge is 0.506 e. The second-order valence-electron chi connectivity index (χ2n) is 10.3. The van der Waals surface area contributed by atoms with Gasteiger partial charge in [0.05, 0.1) is 9.92 Å². The Morgan fingerprint density at radius 2 is 1.77 bits per heavy atom. The van der Waals surface area contributed by atoms with Gasteiger partial charge in [0.2, 0.25) is 15.9 Å². The number of nitrogens with one attached hydrogen (secondary N) is 1. The third kappa shape index (κ3) is 3.87. The van der Waals surface area contributed by atoms with Gasteiger partial charge in [-0.2, -0.15) is 4.31 Å². The van der Waals surface area contributed by atoms with Crippen LogP contribution in [0.2, 0.25) is 5.02 Å². The summed E-state index contributed by atoms with van der Waals surface area (Å²) < 4.78 is 28.1. The number of carbonyl (C=O) groups is 1. The van der Waals surface area contributed by atoms with Crippen LogP contribution < -0.4 is 5.32 Å². The third-order valence-corrected chi connectivity index (χ3v) is 10.4. The number of halogens is 1. The monoisotopic (exact) mass is 466 g/mol. The highest BCUT2D eigenvalue weighted by Crippen LogP contribution is 2.60. The lowest BCUT2D eigenvalue weighted by molar-refractivity contribution is -0.146. The van der Waals surface area contributed by atoms with E-state index < -0.39 is 10.0 Å². The first-order valence-corrected chi connectivity index (χ1v) is 13.4. The van der Waals surface area contributed by atoms with Gasteiger partial charge in [-0.25, -0.2) is 8.42 Å². The summed E-state index contributed by atoms with van der Waals surface area (Å²) in [4.78, 5) is 13.4. The third-order valence-electron chi connectivity index (χ3n) is 8.12. The molecule has 1 atom stereocenters. The molecule has 4 aliphatic carbocycles. The van der Waals surface area contributed by atoms with E-state index in [1.54, 1.807) is 0 Å². The van der Waals surface area contributed by atoms with Gasteiger partial charge in [0.15, 0.2) is 0 Å². The van der Waals surface area contributed by atoms with E-state index in [-0.39, 0.29) is 33.0 Å². The number of hydrogen-bond acceptors (Lipinski definition) is 4. The Bertz CT molecular complexity index is 945. The van der Waals surface area contributed by atoms with Gasteiger partial charge in [0.25, 0.3) is 0 Å². The lowest BCUT2D eigenvalue weighted by Gasteiger charge is -2.55. The van der Waals surface area contributed by atoms with Crippen LogP contribution in [-0.2, 0) is 14.8 Å². The molecule has 5 aliphatic rings. The van der Waals surface area contributed by atoms with E-state index in [0.717, 1.165) is 38.5 Å². The van der Waals surface area contributed by atoms with Gasteiger partial charge < -0.3 is 10.4 Å². The molecule has 0 spiro atoms. The summed E-state index contributed by atoms with van der Waals surface area (Å²) >= 11 is 5.96. The number of aromatic hydroxyl groups is 1. The molecule has 4 bridgehead atoms. The molecule has 0 aromatic heterocycles. The predicted molar refractivity (Wildman–Crippen MR) is 118 cm³/mol. The van der Waals surface area contributed by atoms with Gasteiger partial charge in [0, 0.05) is 24.5 Å². The Labute approximate surface area is 189 Å². The van der Waals surface area contributed by atoms with Crippen LogP contribution in [0.5, 0.6) is 5.75 Å². The van der Waals surface area contributed by atoms with Crippen molar-refractivity contribution in [2.45, 2.75) is 68.7 Å². The number of benzene rings is 1. The summed E-state index contributed by atoms with van der Waals surface area (Å²) in [6, 6.07) is 3.73. The molecule has 6 rings (SSSR count). The highest BCUT2D eigenvalue weighted by Gasteiger charge is 2.54. The molecule has 1 saturated heterocycles. The fourth-order valence-corrected chi connectivity index (χ4v) is 9.03. The summed E-state index contributed by atoms with van der Waals surface area (Å²) in [5.74, 6) is 2.09. The number of sulfonamides is 1. The van der Waals surface area contributed by atoms with E-state index in [4.69, 9.17) is 11.6 Å². The molecule has 1 heterocycles. The van der Waals surface area contributed by atoms with Crippen molar-refractivity contribution >= 4 is 27.5 Å². The Hall–Kier alpha value is -1.31. The minimum Gasteiger partial charge on any atom is -0.506 e. The van der Waals surface area contributed by atoms with E-state index in [1.165, 1.54) is 41.8 Å². The van der Waals surface area contributed by atoms with Crippen LogP contribution in [0, 0.1) is 23.2 Å². The first-order chi connectivity index (χ1) is 14.8. The summed E-state index contributed by atoms with van der Waals surface area (Å²) in [6.07, 6.45) is 9.34. The van der Waals surface area contributed by atoms with Crippen LogP contribution in [0.4, 0.5) is 0 Å². The molecule has 1 aromatic rings. The maximum atomic E-state index is 13.3. The van der Waals surface area contributed by atoms with E-state index in [9.17, 15) is 18.3 Å². The van der Waals surface area contributed by atoms with Crippen LogP contribution in [0.3, 0.4) is 0 Å². The van der Waals surface area contributed by atoms with Crippen LogP contribution >= 0.6 is 11.6 Å². The van der Waals surface area contributed by atoms with Crippen LogP contribution in [0.15, 0.2) is 23.1 Å². The number of phenols is 1. The van der Waals surface area contributed by atoms with Crippen LogP contribution in [-0.4, -0.2) is 42.9 Å². The number of hydrogen-bond donors (Lipinski definition) is 2. The van der Waals surface area contributed by atoms with Crippen molar-refractivity contribution in [1.82, 2.24) is 9.62 Å². The number of nitrogens with zero attached hydrogens (tertiary/aromatic N) is 1. The van der Waals surface area contributed by atoms with Crippen molar-refractivity contribution < 1.29 is 18.3 Å². The fourth-order valence-electron chi connectivity index (χ4n) is 7.06. The van der Waals surface area contributed by atoms with Crippen LogP contribution in [0.1, 0.15) is 57.8 Å². The molecular weight excluding hydrogens is 436 g/mol. The standard InChI is InChI=1S/C23H31ClN2O4S/c24-20-10-19(4-5-21(20)27)31(29,30)26-6-2-1-3-18(26)14-25-22(28)23-11-15-7-16(12-23)9-17(8-15)13-23/h4-5,10,15-18,27H,1-3,6-9,11-14H2,(H,25,28). The zero-order valence-electron chi connectivity index (χ0n) is 17.7. The molecule has 5 fully saturated rings. The highest BCUT2D eigenvalue weighted by molar-refractivity contribution is 7.89. The maximum Gasteiger partial charge on any atom is 0.243 e. The van der Waals surface area contributed by atoms with Gasteiger partial charge in [-0.15, -0.1) is 0 Å². The number of rotatable bonds is 5. The zero-order chi connectivity index (χ0) is 21.8. The molecule has 170 valence electrons. The first kappa shape index (κ1) is 21.5. The predicted octanol–water partition coefficient (Wildman–Crippen LogP) is 3.92. The second kappa shape index (κ2) is 7.92. The Kier molecular flexibility index (Phi) is 5.50. The lowest BCUT2D eigenvalue weighted by atomic mass is 9.49. The Morgan fingerprint density at radius 3 is 2.39 bits per heavy atom. The van der Waals surface area contributed by atoms with Crippen molar-refractivity contribution in [3.63, 3.8) is 0 Å². The SMILES string of the molecule is O=C(NCC1CCCCN1S(=O)(=O)c1ccc(O)c(Cl)c1)C12CC3CC(CC(C3)C1)C2. The van der Waals surface area contributed by atoms with Crippen LogP contribution in [0.25, 0.3) is 0 Å². The van der Waals surface area contributed by atoms with Crippen molar-refractivity contribution in [3.05, 3.63) is 23.2 Å². The number of phenolic OH excluding ortho intramolecular Hbond substituents is 1. The van der Waals surface area contributed by atoms with Gasteiger partial charge >= 0.3 is 0 Å². The highest BCUT2D eigenvalue weighted by atomic mass is 35.5. The number of carbonyl (C=O) groups excluding carboxylic acids is 1. The van der Waals surface area contributed by atoms with E-state index in [2.05, 4.69) is 5.32 Å². The molecule has 1 aromatic carbocycles. The molecule has 8 heteroatoms. The van der Waals surface area contributed by atoms with Crippen molar-refractivity contribution in [3.8, 4) is 5.75 Å². The molecular formula is C23H31ClN2O4S. The molecule has 6 nitrogen and oxygen atoms in total. The number of amides is 1. The topological polar surface area (TPSA) is 86.7 Å². The lowest BCUT2D eigenvalue weighted by Crippen LogP contribution is -2.56. The van der Waals surface area contributed by atoms with Crippen molar-refractivity contribution in [1.29, 1.82) is 0 Å². The van der Waals surface area contributed by atoms with Gasteiger partial charge in [0.1, 0.15) is 5.75 Å². The minimum atomic E-state index is -3.76. The smallest absolute Gasteiger partial charge is 0.243 e. The Balaban J connectivity index is 1.30. The summed E-state index contributed by atoms with van der Waals surface area (Å²) in [5.41, 5.74) is -0.225. The molecule has 4 saturated carbocycles. The molecule has 1 aliphatic heterocycles. The summed E-state index contributed by atoms with van der Waals surface area (Å²) in [7, 11) is -3.76. The van der Waals surface area contributed by atoms with Crippen molar-refractivity contribution in [2.24, 2.45) is 23.2 Å². The van der Waals surface area contributed by atoms with E-state index in [0.29, 0.717) is 30.8 Å². The normalized spacial score (nSPS) is 35.3. The summed E-state index contributed by atoms with van der Waals surface area (Å²) in [5, 5.41) is 12.8. The summed E-state index contributed by atoms with van der Waals surface area (Å²) in [6.45, 7) is 0.782. The van der Waals surface area contributed by atoms with E-state index >= 15 is 0 Å². The molecule has 1 amide bonds. The quantitative estimate of drug-likeness (QED) is 0.688. The average Bonchev–Trinajstić information content (AvgIpc) is 2.73. The molecule has 1 unspecified atom stereocenters.